The van der Waals surface area contributed by atoms with Crippen LogP contribution < -0.4 is 10.6 Å². The van der Waals surface area contributed by atoms with E-state index in [9.17, 15) is 14.4 Å². The second-order valence-electron chi connectivity index (χ2n) is 4.28. The van der Waals surface area contributed by atoms with Crippen molar-refractivity contribution in [2.24, 2.45) is 0 Å². The topological polar surface area (TPSA) is 126 Å². The number of aryl methyl sites for hydroxylation is 1. The van der Waals surface area contributed by atoms with Gasteiger partial charge in [-0.25, -0.2) is 9.59 Å². The van der Waals surface area contributed by atoms with Crippen molar-refractivity contribution in [3.8, 4) is 0 Å². The lowest BCUT2D eigenvalue weighted by molar-refractivity contribution is -0.133. The monoisotopic (exact) mass is 295 g/mol. The summed E-state index contributed by atoms with van der Waals surface area (Å²) in [5.41, 5.74) is -0.119. The molecule has 1 aromatic rings. The van der Waals surface area contributed by atoms with Gasteiger partial charge in [-0.05, 0) is 20.3 Å². The SMILES string of the molecule is C/C(C(=O)O)=C(/C)C(=O)NC(=O)NCCCn1ccnn1. The summed E-state index contributed by atoms with van der Waals surface area (Å²) in [4.78, 5) is 33.8. The predicted molar refractivity (Wildman–Crippen MR) is 72.2 cm³/mol. The highest BCUT2D eigenvalue weighted by molar-refractivity contribution is 6.07. The first-order valence-electron chi connectivity index (χ1n) is 6.26. The highest BCUT2D eigenvalue weighted by Gasteiger charge is 2.14. The number of amides is 3. The Morgan fingerprint density at radius 1 is 1.24 bits per heavy atom. The number of imide groups is 1. The maximum Gasteiger partial charge on any atom is 0.331 e. The molecule has 114 valence electrons. The quantitative estimate of drug-likeness (QED) is 0.497. The average Bonchev–Trinajstić information content (AvgIpc) is 2.94. The molecule has 0 fully saturated rings. The van der Waals surface area contributed by atoms with E-state index in [1.165, 1.54) is 13.8 Å². The van der Waals surface area contributed by atoms with E-state index in [1.807, 2.05) is 0 Å². The summed E-state index contributed by atoms with van der Waals surface area (Å²) >= 11 is 0. The Morgan fingerprint density at radius 2 is 1.95 bits per heavy atom. The van der Waals surface area contributed by atoms with Crippen LogP contribution in [0.15, 0.2) is 23.5 Å². The van der Waals surface area contributed by atoms with Gasteiger partial charge < -0.3 is 10.4 Å². The molecule has 21 heavy (non-hydrogen) atoms. The van der Waals surface area contributed by atoms with E-state index in [0.29, 0.717) is 19.5 Å². The first-order chi connectivity index (χ1) is 9.91. The number of nitrogens with zero attached hydrogens (tertiary/aromatic N) is 3. The molecule has 0 aliphatic carbocycles. The minimum absolute atomic E-state index is 0.0136. The summed E-state index contributed by atoms with van der Waals surface area (Å²) in [7, 11) is 0. The summed E-state index contributed by atoms with van der Waals surface area (Å²) < 4.78 is 1.62. The molecule has 1 aromatic heterocycles. The molecule has 0 aliphatic heterocycles. The number of carboxylic acids is 1. The lowest BCUT2D eigenvalue weighted by Crippen LogP contribution is -2.40. The number of carboxylic acid groups (broad SMARTS) is 1. The summed E-state index contributed by atoms with van der Waals surface area (Å²) in [5, 5.41) is 20.7. The van der Waals surface area contributed by atoms with Gasteiger partial charge in [0.2, 0.25) is 0 Å². The van der Waals surface area contributed by atoms with Gasteiger partial charge in [0.1, 0.15) is 0 Å². The van der Waals surface area contributed by atoms with Crippen LogP contribution in [0.4, 0.5) is 4.79 Å². The van der Waals surface area contributed by atoms with Gasteiger partial charge in [-0.1, -0.05) is 5.21 Å². The van der Waals surface area contributed by atoms with Gasteiger partial charge >= 0.3 is 12.0 Å². The van der Waals surface area contributed by atoms with Crippen molar-refractivity contribution in [2.75, 3.05) is 6.54 Å². The number of hydrogen-bond acceptors (Lipinski definition) is 5. The lowest BCUT2D eigenvalue weighted by Gasteiger charge is -2.07. The molecule has 9 nitrogen and oxygen atoms in total. The van der Waals surface area contributed by atoms with E-state index < -0.39 is 17.9 Å². The van der Waals surface area contributed by atoms with Gasteiger partial charge in [0.15, 0.2) is 0 Å². The summed E-state index contributed by atoms with van der Waals surface area (Å²) in [6.07, 6.45) is 3.87. The molecular weight excluding hydrogens is 278 g/mol. The maximum atomic E-state index is 11.6. The molecule has 0 aliphatic rings. The number of rotatable bonds is 6. The molecular formula is C12H17N5O4. The molecule has 0 bridgehead atoms. The van der Waals surface area contributed by atoms with Crippen molar-refractivity contribution >= 4 is 17.9 Å². The molecule has 0 unspecified atom stereocenters. The van der Waals surface area contributed by atoms with Gasteiger partial charge in [-0.2, -0.15) is 0 Å². The van der Waals surface area contributed by atoms with Crippen molar-refractivity contribution < 1.29 is 19.5 Å². The smallest absolute Gasteiger partial charge is 0.331 e. The Morgan fingerprint density at radius 3 is 2.52 bits per heavy atom. The summed E-state index contributed by atoms with van der Waals surface area (Å²) in [6.45, 7) is 3.58. The molecule has 0 atom stereocenters. The largest absolute Gasteiger partial charge is 0.478 e. The molecule has 0 spiro atoms. The van der Waals surface area contributed by atoms with Crippen LogP contribution in [0.1, 0.15) is 20.3 Å². The predicted octanol–water partition coefficient (Wildman–Crippen LogP) is -0.0850. The summed E-state index contributed by atoms with van der Waals surface area (Å²) in [6, 6.07) is -0.670. The Labute approximate surface area is 121 Å². The van der Waals surface area contributed by atoms with Crippen LogP contribution in [0.5, 0.6) is 0 Å². The van der Waals surface area contributed by atoms with Crippen LogP contribution >= 0.6 is 0 Å². The van der Waals surface area contributed by atoms with E-state index in [1.54, 1.807) is 17.1 Å². The van der Waals surface area contributed by atoms with E-state index in [-0.39, 0.29) is 11.1 Å². The van der Waals surface area contributed by atoms with E-state index in [4.69, 9.17) is 5.11 Å². The van der Waals surface area contributed by atoms with Crippen LogP contribution in [0.3, 0.4) is 0 Å². The van der Waals surface area contributed by atoms with Gasteiger partial charge in [0, 0.05) is 30.4 Å². The fraction of sp³-hybridized carbons (Fsp3) is 0.417. The third-order valence-corrected chi connectivity index (χ3v) is 2.77. The van der Waals surface area contributed by atoms with Gasteiger partial charge in [0.25, 0.3) is 5.91 Å². The second-order valence-corrected chi connectivity index (χ2v) is 4.28. The Bertz CT molecular complexity index is 550. The lowest BCUT2D eigenvalue weighted by atomic mass is 10.1. The Balaban J connectivity index is 2.31. The van der Waals surface area contributed by atoms with Crippen LogP contribution in [0, 0.1) is 0 Å². The Kier molecular flexibility index (Phi) is 6.05. The van der Waals surface area contributed by atoms with Crippen LogP contribution in [0.25, 0.3) is 0 Å². The third-order valence-electron chi connectivity index (χ3n) is 2.77. The normalized spacial score (nSPS) is 11.5. The molecule has 0 aromatic carbocycles. The molecule has 0 saturated heterocycles. The molecule has 3 N–H and O–H groups in total. The van der Waals surface area contributed by atoms with Crippen LogP contribution in [0.2, 0.25) is 0 Å². The number of hydrogen-bond donors (Lipinski definition) is 3. The number of nitrogens with one attached hydrogen (secondary N) is 2. The van der Waals surface area contributed by atoms with Gasteiger partial charge in [-0.15, -0.1) is 5.10 Å². The number of carbonyl (C=O) groups is 3. The fourth-order valence-electron chi connectivity index (χ4n) is 1.37. The maximum absolute atomic E-state index is 11.6. The number of carbonyl (C=O) groups excluding carboxylic acids is 2. The van der Waals surface area contributed by atoms with Crippen molar-refractivity contribution in [3.05, 3.63) is 23.5 Å². The molecule has 1 rings (SSSR count). The first kappa shape index (κ1) is 16.3. The minimum atomic E-state index is -1.20. The van der Waals surface area contributed by atoms with Crippen molar-refractivity contribution in [1.29, 1.82) is 0 Å². The van der Waals surface area contributed by atoms with Crippen LogP contribution in [-0.4, -0.2) is 44.6 Å². The zero-order valence-electron chi connectivity index (χ0n) is 11.8. The number of aromatic nitrogens is 3. The second kappa shape index (κ2) is 7.78. The van der Waals surface area contributed by atoms with Gasteiger partial charge in [0.05, 0.1) is 6.20 Å². The molecule has 0 radical (unpaired) electrons. The number of urea groups is 1. The van der Waals surface area contributed by atoms with E-state index >= 15 is 0 Å². The first-order valence-corrected chi connectivity index (χ1v) is 6.26. The minimum Gasteiger partial charge on any atom is -0.478 e. The van der Waals surface area contributed by atoms with Gasteiger partial charge in [-0.3, -0.25) is 14.8 Å². The highest BCUT2D eigenvalue weighted by atomic mass is 16.4. The Hall–Kier alpha value is -2.71. The fourth-order valence-corrected chi connectivity index (χ4v) is 1.37. The number of aliphatic carboxylic acids is 1. The van der Waals surface area contributed by atoms with Crippen molar-refractivity contribution in [3.63, 3.8) is 0 Å². The average molecular weight is 295 g/mol. The van der Waals surface area contributed by atoms with Crippen molar-refractivity contribution in [1.82, 2.24) is 25.6 Å². The molecule has 1 heterocycles. The zero-order valence-corrected chi connectivity index (χ0v) is 11.8. The summed E-state index contributed by atoms with van der Waals surface area (Å²) in [5.74, 6) is -1.93. The standard InChI is InChI=1S/C12H17N5O4/c1-8(9(2)11(19)20)10(18)15-12(21)13-4-3-6-17-7-5-14-16-17/h5,7H,3-4,6H2,1-2H3,(H,19,20)(H2,13,15,18,21)/b9-8+. The third kappa shape index (κ3) is 5.43. The van der Waals surface area contributed by atoms with Crippen LogP contribution in [-0.2, 0) is 16.1 Å². The van der Waals surface area contributed by atoms with E-state index in [2.05, 4.69) is 20.9 Å². The molecule has 3 amide bonds. The van der Waals surface area contributed by atoms with E-state index in [0.717, 1.165) is 0 Å². The molecule has 0 saturated carbocycles. The molecule has 9 heteroatoms. The zero-order chi connectivity index (χ0) is 15.8. The highest BCUT2D eigenvalue weighted by Crippen LogP contribution is 2.03. The van der Waals surface area contributed by atoms with Crippen molar-refractivity contribution in [2.45, 2.75) is 26.8 Å².